The summed E-state index contributed by atoms with van der Waals surface area (Å²) in [6, 6.07) is 13.5. The number of piperazine rings is 1. The normalized spacial score (nSPS) is 14.0. The minimum absolute atomic E-state index is 0. The van der Waals surface area contributed by atoms with Crippen LogP contribution in [0.2, 0.25) is 5.02 Å². The molecule has 2 aromatic carbocycles. The molecule has 0 unspecified atom stereocenters. The Morgan fingerprint density at radius 2 is 1.69 bits per heavy atom. The minimum atomic E-state index is -0.593. The average molecular weight is 437 g/mol. The van der Waals surface area contributed by atoms with E-state index >= 15 is 0 Å². The van der Waals surface area contributed by atoms with Crippen LogP contribution in [0.15, 0.2) is 48.5 Å². The molecule has 0 bridgehead atoms. The number of primary amides is 1. The number of para-hydroxylation sites is 1. The van der Waals surface area contributed by atoms with E-state index in [2.05, 4.69) is 5.32 Å². The van der Waals surface area contributed by atoms with Crippen LogP contribution < -0.4 is 11.1 Å². The number of carbonyl (C=O) groups is 3. The van der Waals surface area contributed by atoms with Gasteiger partial charge in [-0.1, -0.05) is 29.8 Å². The van der Waals surface area contributed by atoms with Gasteiger partial charge in [-0.25, -0.2) is 0 Å². The van der Waals surface area contributed by atoms with Gasteiger partial charge in [0.1, 0.15) is 0 Å². The highest BCUT2D eigenvalue weighted by atomic mass is 35.5. The molecule has 3 N–H and O–H groups in total. The highest BCUT2D eigenvalue weighted by molar-refractivity contribution is 6.30. The first kappa shape index (κ1) is 22.7. The second-order valence-corrected chi connectivity index (χ2v) is 6.97. The number of nitrogens with two attached hydrogens (primary N) is 1. The topological polar surface area (TPSA) is 95.7 Å². The number of hydrogen-bond acceptors (Lipinski definition) is 4. The number of nitrogens with zero attached hydrogens (tertiary/aromatic N) is 2. The summed E-state index contributed by atoms with van der Waals surface area (Å²) in [6.07, 6.45) is 0. The van der Waals surface area contributed by atoms with E-state index in [0.29, 0.717) is 42.5 Å². The number of amides is 3. The van der Waals surface area contributed by atoms with Crippen LogP contribution in [0.3, 0.4) is 0 Å². The van der Waals surface area contributed by atoms with E-state index in [1.807, 2.05) is 4.90 Å². The Hall–Kier alpha value is -2.61. The van der Waals surface area contributed by atoms with Crippen LogP contribution in [0.25, 0.3) is 0 Å². The van der Waals surface area contributed by atoms with Gasteiger partial charge in [0, 0.05) is 36.8 Å². The largest absolute Gasteiger partial charge is 0.366 e. The predicted molar refractivity (Wildman–Crippen MR) is 115 cm³/mol. The summed E-state index contributed by atoms with van der Waals surface area (Å²) in [4.78, 5) is 40.0. The van der Waals surface area contributed by atoms with Crippen molar-refractivity contribution in [2.24, 2.45) is 5.73 Å². The molecule has 7 nitrogen and oxygen atoms in total. The Kier molecular flexibility index (Phi) is 8.01. The number of benzene rings is 2. The molecule has 3 amide bonds. The summed E-state index contributed by atoms with van der Waals surface area (Å²) in [7, 11) is 0. The monoisotopic (exact) mass is 436 g/mol. The van der Waals surface area contributed by atoms with Crippen molar-refractivity contribution < 1.29 is 14.4 Å². The summed E-state index contributed by atoms with van der Waals surface area (Å²) in [5, 5.41) is 3.25. The maximum absolute atomic E-state index is 12.5. The molecule has 0 saturated carbocycles. The molecule has 9 heteroatoms. The maximum Gasteiger partial charge on any atom is 0.253 e. The first-order valence-electron chi connectivity index (χ1n) is 8.90. The predicted octanol–water partition coefficient (Wildman–Crippen LogP) is 2.26. The third-order valence-corrected chi connectivity index (χ3v) is 4.80. The van der Waals surface area contributed by atoms with Crippen LogP contribution in [0, 0.1) is 0 Å². The lowest BCUT2D eigenvalue weighted by atomic mass is 10.1. The Balaban J connectivity index is 0.00000300. The van der Waals surface area contributed by atoms with Gasteiger partial charge in [-0.15, -0.1) is 12.4 Å². The first-order chi connectivity index (χ1) is 13.4. The second kappa shape index (κ2) is 10.2. The summed E-state index contributed by atoms with van der Waals surface area (Å²) in [6.45, 7) is 2.38. The number of carbonyl (C=O) groups excluding carboxylic acids is 3. The smallest absolute Gasteiger partial charge is 0.253 e. The van der Waals surface area contributed by atoms with Gasteiger partial charge in [-0.05, 0) is 30.3 Å². The molecule has 0 radical (unpaired) electrons. The van der Waals surface area contributed by atoms with Crippen LogP contribution in [0.5, 0.6) is 0 Å². The molecule has 3 rings (SSSR count). The zero-order valence-electron chi connectivity index (χ0n) is 15.6. The number of nitrogens with one attached hydrogen (secondary N) is 1. The number of rotatable bonds is 5. The standard InChI is InChI=1S/C20H21ClN4O3.ClH/c21-15-5-3-4-14(12-15)20(28)25-10-8-24(9-11-25)13-18(26)23-17-7-2-1-6-16(17)19(22)27;/h1-7,12H,8-11,13H2,(H2,22,27)(H,23,26);1H. The van der Waals surface area contributed by atoms with Crippen molar-refractivity contribution in [1.82, 2.24) is 9.80 Å². The fraction of sp³-hybridized carbons (Fsp3) is 0.250. The molecular formula is C20H22Cl2N4O3. The molecule has 0 spiro atoms. The lowest BCUT2D eigenvalue weighted by Gasteiger charge is -2.34. The molecule has 1 fully saturated rings. The molecule has 1 aliphatic heterocycles. The lowest BCUT2D eigenvalue weighted by Crippen LogP contribution is -2.50. The molecule has 1 aliphatic rings. The molecule has 29 heavy (non-hydrogen) atoms. The summed E-state index contributed by atoms with van der Waals surface area (Å²) >= 11 is 5.95. The third-order valence-electron chi connectivity index (χ3n) is 4.56. The van der Waals surface area contributed by atoms with E-state index < -0.39 is 5.91 Å². The van der Waals surface area contributed by atoms with Crippen molar-refractivity contribution in [3.05, 3.63) is 64.7 Å². The summed E-state index contributed by atoms with van der Waals surface area (Å²) < 4.78 is 0. The number of anilines is 1. The summed E-state index contributed by atoms with van der Waals surface area (Å²) in [5.41, 5.74) is 6.56. The van der Waals surface area contributed by atoms with Gasteiger partial charge in [0.05, 0.1) is 17.8 Å². The van der Waals surface area contributed by atoms with Crippen LogP contribution in [-0.4, -0.2) is 60.2 Å². The fourth-order valence-corrected chi connectivity index (χ4v) is 3.30. The van der Waals surface area contributed by atoms with E-state index in [-0.39, 0.29) is 36.3 Å². The van der Waals surface area contributed by atoms with E-state index in [4.69, 9.17) is 17.3 Å². The average Bonchev–Trinajstić information content (AvgIpc) is 2.68. The van der Waals surface area contributed by atoms with Crippen molar-refractivity contribution in [1.29, 1.82) is 0 Å². The third kappa shape index (κ3) is 5.93. The van der Waals surface area contributed by atoms with Crippen LogP contribution in [0.4, 0.5) is 5.69 Å². The van der Waals surface area contributed by atoms with Crippen molar-refractivity contribution in [2.45, 2.75) is 0 Å². The number of halogens is 2. The van der Waals surface area contributed by atoms with E-state index in [9.17, 15) is 14.4 Å². The van der Waals surface area contributed by atoms with Gasteiger partial charge in [0.15, 0.2) is 0 Å². The molecule has 1 heterocycles. The highest BCUT2D eigenvalue weighted by Crippen LogP contribution is 2.16. The Bertz CT molecular complexity index is 899. The van der Waals surface area contributed by atoms with Gasteiger partial charge < -0.3 is 16.0 Å². The Morgan fingerprint density at radius 1 is 1.00 bits per heavy atom. The van der Waals surface area contributed by atoms with Gasteiger partial charge in [-0.2, -0.15) is 0 Å². The second-order valence-electron chi connectivity index (χ2n) is 6.54. The van der Waals surface area contributed by atoms with Gasteiger partial charge >= 0.3 is 0 Å². The minimum Gasteiger partial charge on any atom is -0.366 e. The molecule has 0 aromatic heterocycles. The van der Waals surface area contributed by atoms with Crippen molar-refractivity contribution >= 4 is 47.4 Å². The molecule has 2 aromatic rings. The van der Waals surface area contributed by atoms with Crippen molar-refractivity contribution in [2.75, 3.05) is 38.0 Å². The quantitative estimate of drug-likeness (QED) is 0.750. The van der Waals surface area contributed by atoms with Crippen LogP contribution >= 0.6 is 24.0 Å². The highest BCUT2D eigenvalue weighted by Gasteiger charge is 2.23. The molecule has 1 saturated heterocycles. The Labute approximate surface area is 180 Å². The summed E-state index contributed by atoms with van der Waals surface area (Å²) in [5.74, 6) is -0.894. The van der Waals surface area contributed by atoms with Crippen LogP contribution in [-0.2, 0) is 4.79 Å². The zero-order valence-corrected chi connectivity index (χ0v) is 17.2. The molecule has 0 aliphatic carbocycles. The van der Waals surface area contributed by atoms with E-state index in [1.54, 1.807) is 53.4 Å². The van der Waals surface area contributed by atoms with Gasteiger partial charge in [0.25, 0.3) is 11.8 Å². The molecule has 0 atom stereocenters. The SMILES string of the molecule is Cl.NC(=O)c1ccccc1NC(=O)CN1CCN(C(=O)c2cccc(Cl)c2)CC1. The fourth-order valence-electron chi connectivity index (χ4n) is 3.11. The molecule has 154 valence electrons. The van der Waals surface area contributed by atoms with E-state index in [1.165, 1.54) is 0 Å². The van der Waals surface area contributed by atoms with Gasteiger partial charge in [-0.3, -0.25) is 19.3 Å². The Morgan fingerprint density at radius 3 is 2.34 bits per heavy atom. The molecular weight excluding hydrogens is 415 g/mol. The van der Waals surface area contributed by atoms with Crippen molar-refractivity contribution in [3.63, 3.8) is 0 Å². The van der Waals surface area contributed by atoms with E-state index in [0.717, 1.165) is 0 Å². The number of hydrogen-bond donors (Lipinski definition) is 2. The first-order valence-corrected chi connectivity index (χ1v) is 9.28. The maximum atomic E-state index is 12.5. The van der Waals surface area contributed by atoms with Gasteiger partial charge in [0.2, 0.25) is 5.91 Å². The zero-order chi connectivity index (χ0) is 20.1. The van der Waals surface area contributed by atoms with Crippen molar-refractivity contribution in [3.8, 4) is 0 Å². The van der Waals surface area contributed by atoms with Crippen LogP contribution in [0.1, 0.15) is 20.7 Å². The lowest BCUT2D eigenvalue weighted by molar-refractivity contribution is -0.117.